The van der Waals surface area contributed by atoms with Crippen molar-refractivity contribution in [3.05, 3.63) is 11.9 Å². The summed E-state index contributed by atoms with van der Waals surface area (Å²) in [4.78, 5) is 10.7. The van der Waals surface area contributed by atoms with E-state index in [0.717, 1.165) is 24.6 Å². The molecule has 3 rings (SSSR count). The van der Waals surface area contributed by atoms with Crippen LogP contribution >= 0.6 is 0 Å². The molecule has 2 aliphatic rings. The molecule has 0 radical (unpaired) electrons. The molecule has 5 heteroatoms. The Morgan fingerprint density at radius 2 is 2.40 bits per heavy atom. The maximum atomic E-state index is 10.7. The Morgan fingerprint density at radius 1 is 1.60 bits per heavy atom. The van der Waals surface area contributed by atoms with Crippen molar-refractivity contribution < 1.29 is 9.90 Å². The Morgan fingerprint density at radius 3 is 3.00 bits per heavy atom. The molecule has 2 fully saturated rings. The molecule has 2 saturated carbocycles. The van der Waals surface area contributed by atoms with Crippen molar-refractivity contribution >= 4 is 5.97 Å². The van der Waals surface area contributed by atoms with Crippen molar-refractivity contribution in [3.8, 4) is 0 Å². The van der Waals surface area contributed by atoms with Gasteiger partial charge in [0, 0.05) is 18.7 Å². The van der Waals surface area contributed by atoms with Gasteiger partial charge < -0.3 is 5.11 Å². The van der Waals surface area contributed by atoms with Gasteiger partial charge in [-0.25, -0.2) is 0 Å². The number of carbonyl (C=O) groups is 1. The summed E-state index contributed by atoms with van der Waals surface area (Å²) in [6, 6.07) is 0. The van der Waals surface area contributed by atoms with Crippen LogP contribution in [-0.2, 0) is 11.3 Å². The maximum absolute atomic E-state index is 10.7. The first-order valence-corrected chi connectivity index (χ1v) is 5.37. The number of aromatic nitrogens is 3. The van der Waals surface area contributed by atoms with E-state index in [2.05, 4.69) is 10.3 Å². The monoisotopic (exact) mass is 207 g/mol. The highest BCUT2D eigenvalue weighted by Crippen LogP contribution is 2.46. The first kappa shape index (κ1) is 8.88. The largest absolute Gasteiger partial charge is 0.481 e. The van der Waals surface area contributed by atoms with Crippen molar-refractivity contribution in [1.82, 2.24) is 15.0 Å². The Bertz CT molecular complexity index is 397. The van der Waals surface area contributed by atoms with Crippen LogP contribution in [0.3, 0.4) is 0 Å². The van der Waals surface area contributed by atoms with E-state index in [1.807, 2.05) is 10.9 Å². The molecule has 1 aromatic heterocycles. The second-order valence-corrected chi connectivity index (χ2v) is 4.60. The van der Waals surface area contributed by atoms with Gasteiger partial charge in [0.25, 0.3) is 0 Å². The molecular weight excluding hydrogens is 194 g/mol. The summed E-state index contributed by atoms with van der Waals surface area (Å²) < 4.78 is 1.85. The van der Waals surface area contributed by atoms with E-state index >= 15 is 0 Å². The van der Waals surface area contributed by atoms with E-state index in [9.17, 15) is 4.79 Å². The zero-order valence-corrected chi connectivity index (χ0v) is 8.33. The summed E-state index contributed by atoms with van der Waals surface area (Å²) in [5.41, 5.74) is 0.850. The molecule has 2 aliphatic carbocycles. The van der Waals surface area contributed by atoms with Crippen molar-refractivity contribution in [2.75, 3.05) is 0 Å². The molecule has 0 spiro atoms. The molecule has 0 saturated heterocycles. The molecular formula is C10H13N3O2. The lowest BCUT2D eigenvalue weighted by Crippen LogP contribution is -2.00. The molecule has 1 N–H and O–H groups in total. The Balaban J connectivity index is 1.66. The standard InChI is InChI=1S/C10H13N3O2/c14-10(15)8-3-7(8)9-5-13(12-11-9)4-6-1-2-6/h5-8H,1-4H2,(H,14,15). The molecule has 1 aromatic rings. The molecule has 0 aromatic carbocycles. The quantitative estimate of drug-likeness (QED) is 0.795. The average molecular weight is 207 g/mol. The summed E-state index contributed by atoms with van der Waals surface area (Å²) in [7, 11) is 0. The normalized spacial score (nSPS) is 29.1. The fourth-order valence-electron chi connectivity index (χ4n) is 1.93. The van der Waals surface area contributed by atoms with Crippen LogP contribution < -0.4 is 0 Å². The summed E-state index contributed by atoms with van der Waals surface area (Å²) in [5.74, 6) is -0.0581. The minimum Gasteiger partial charge on any atom is -0.481 e. The van der Waals surface area contributed by atoms with Crippen LogP contribution in [0.4, 0.5) is 0 Å². The van der Waals surface area contributed by atoms with Crippen LogP contribution in [0.2, 0.25) is 0 Å². The van der Waals surface area contributed by atoms with Crippen LogP contribution in [0.25, 0.3) is 0 Å². The summed E-state index contributed by atoms with van der Waals surface area (Å²) in [5, 5.41) is 16.9. The third-order valence-electron chi connectivity index (χ3n) is 3.19. The number of hydrogen-bond acceptors (Lipinski definition) is 3. The molecule has 1 heterocycles. The zero-order chi connectivity index (χ0) is 10.4. The Labute approximate surface area is 87.1 Å². The van der Waals surface area contributed by atoms with Gasteiger partial charge >= 0.3 is 5.97 Å². The number of nitrogens with zero attached hydrogens (tertiary/aromatic N) is 3. The van der Waals surface area contributed by atoms with E-state index < -0.39 is 5.97 Å². The second kappa shape index (κ2) is 3.05. The van der Waals surface area contributed by atoms with Gasteiger partial charge in [-0.3, -0.25) is 9.48 Å². The SMILES string of the molecule is O=C(O)C1CC1c1cn(CC2CC2)nn1. The lowest BCUT2D eigenvalue weighted by molar-refractivity contribution is -0.138. The Hall–Kier alpha value is -1.39. The van der Waals surface area contributed by atoms with Crippen molar-refractivity contribution in [3.63, 3.8) is 0 Å². The lowest BCUT2D eigenvalue weighted by atomic mass is 10.2. The number of rotatable bonds is 4. The van der Waals surface area contributed by atoms with Crippen molar-refractivity contribution in [1.29, 1.82) is 0 Å². The van der Waals surface area contributed by atoms with Gasteiger partial charge in [0.15, 0.2) is 0 Å². The number of aliphatic carboxylic acids is 1. The van der Waals surface area contributed by atoms with Gasteiger partial charge in [-0.1, -0.05) is 5.21 Å². The van der Waals surface area contributed by atoms with Crippen LogP contribution in [0.15, 0.2) is 6.20 Å². The fourth-order valence-corrected chi connectivity index (χ4v) is 1.93. The minimum atomic E-state index is -0.711. The molecule has 0 amide bonds. The lowest BCUT2D eigenvalue weighted by Gasteiger charge is -1.94. The zero-order valence-electron chi connectivity index (χ0n) is 8.33. The van der Waals surface area contributed by atoms with Crippen LogP contribution in [0, 0.1) is 11.8 Å². The predicted molar refractivity (Wildman–Crippen MR) is 51.2 cm³/mol. The van der Waals surface area contributed by atoms with E-state index in [1.54, 1.807) is 0 Å². The van der Waals surface area contributed by atoms with Gasteiger partial charge in [-0.2, -0.15) is 0 Å². The third kappa shape index (κ3) is 1.73. The Kier molecular flexibility index (Phi) is 1.81. The second-order valence-electron chi connectivity index (χ2n) is 4.60. The van der Waals surface area contributed by atoms with Crippen LogP contribution in [0.1, 0.15) is 30.9 Å². The average Bonchev–Trinajstić information content (AvgIpc) is 3.06. The van der Waals surface area contributed by atoms with Gasteiger partial charge in [-0.15, -0.1) is 5.10 Å². The van der Waals surface area contributed by atoms with Gasteiger partial charge in [0.1, 0.15) is 0 Å². The summed E-state index contributed by atoms with van der Waals surface area (Å²) in [6.07, 6.45) is 5.20. The van der Waals surface area contributed by atoms with Gasteiger partial charge in [0.05, 0.1) is 11.6 Å². The van der Waals surface area contributed by atoms with Crippen LogP contribution in [0.5, 0.6) is 0 Å². The molecule has 5 nitrogen and oxygen atoms in total. The first-order valence-electron chi connectivity index (χ1n) is 5.37. The molecule has 80 valence electrons. The minimum absolute atomic E-state index is 0.107. The smallest absolute Gasteiger partial charge is 0.307 e. The number of carboxylic acid groups (broad SMARTS) is 1. The van der Waals surface area contributed by atoms with E-state index in [4.69, 9.17) is 5.11 Å². The highest BCUT2D eigenvalue weighted by Gasteiger charge is 2.46. The van der Waals surface area contributed by atoms with E-state index in [0.29, 0.717) is 0 Å². The molecule has 15 heavy (non-hydrogen) atoms. The number of carboxylic acids is 1. The molecule has 2 atom stereocenters. The highest BCUT2D eigenvalue weighted by molar-refractivity contribution is 5.74. The number of hydrogen-bond donors (Lipinski definition) is 1. The summed E-state index contributed by atoms with van der Waals surface area (Å²) in [6.45, 7) is 0.942. The van der Waals surface area contributed by atoms with Gasteiger partial charge in [0.2, 0.25) is 0 Å². The topological polar surface area (TPSA) is 68.0 Å². The first-order chi connectivity index (χ1) is 7.24. The molecule has 0 aliphatic heterocycles. The third-order valence-corrected chi connectivity index (χ3v) is 3.19. The van der Waals surface area contributed by atoms with Crippen LogP contribution in [-0.4, -0.2) is 26.1 Å². The molecule has 2 unspecified atom stereocenters. The summed E-state index contributed by atoms with van der Waals surface area (Å²) >= 11 is 0. The van der Waals surface area contributed by atoms with Crippen molar-refractivity contribution in [2.45, 2.75) is 31.7 Å². The molecule has 0 bridgehead atoms. The van der Waals surface area contributed by atoms with E-state index in [-0.39, 0.29) is 11.8 Å². The highest BCUT2D eigenvalue weighted by atomic mass is 16.4. The predicted octanol–water partition coefficient (Wildman–Crippen LogP) is 0.876. The van der Waals surface area contributed by atoms with Gasteiger partial charge in [-0.05, 0) is 25.2 Å². The van der Waals surface area contributed by atoms with Crippen molar-refractivity contribution in [2.24, 2.45) is 11.8 Å². The fraction of sp³-hybridized carbons (Fsp3) is 0.700. The van der Waals surface area contributed by atoms with E-state index in [1.165, 1.54) is 12.8 Å². The maximum Gasteiger partial charge on any atom is 0.307 e.